The Hall–Kier alpha value is -2.67. The lowest BCUT2D eigenvalue weighted by molar-refractivity contribution is 0.242. The molecule has 0 saturated carbocycles. The van der Waals surface area contributed by atoms with Crippen LogP contribution in [0, 0.1) is 0 Å². The number of urea groups is 1. The predicted molar refractivity (Wildman–Crippen MR) is 113 cm³/mol. The van der Waals surface area contributed by atoms with Gasteiger partial charge >= 0.3 is 11.7 Å². The first-order valence-corrected chi connectivity index (χ1v) is 9.44. The van der Waals surface area contributed by atoms with E-state index in [1.807, 2.05) is 26.0 Å². The number of benzene rings is 2. The summed E-state index contributed by atoms with van der Waals surface area (Å²) < 4.78 is 0. The summed E-state index contributed by atoms with van der Waals surface area (Å²) in [6.45, 7) is 6.05. The molecule has 0 aliphatic rings. The van der Waals surface area contributed by atoms with E-state index in [4.69, 9.17) is 0 Å². The Balaban J connectivity index is 1.74. The Morgan fingerprint density at radius 3 is 2.63 bits per heavy atom. The minimum atomic E-state index is -0.553. The van der Waals surface area contributed by atoms with Crippen LogP contribution in [-0.4, -0.2) is 21.8 Å². The zero-order valence-electron chi connectivity index (χ0n) is 15.6. The summed E-state index contributed by atoms with van der Waals surface area (Å²) >= 11 is 4.37. The highest BCUT2D eigenvalue weighted by Gasteiger charge is 2.23. The highest BCUT2D eigenvalue weighted by Crippen LogP contribution is 2.25. The normalized spacial score (nSPS) is 12.7. The molecule has 4 N–H and O–H groups in total. The maximum atomic E-state index is 12.5. The van der Waals surface area contributed by atoms with Crippen molar-refractivity contribution in [3.8, 4) is 0 Å². The Labute approximate surface area is 163 Å². The molecule has 27 heavy (non-hydrogen) atoms. The van der Waals surface area contributed by atoms with E-state index in [9.17, 15) is 9.59 Å². The minimum absolute atomic E-state index is 0.275. The van der Waals surface area contributed by atoms with E-state index in [0.29, 0.717) is 22.6 Å². The van der Waals surface area contributed by atoms with Crippen molar-refractivity contribution in [2.75, 3.05) is 11.1 Å². The van der Waals surface area contributed by atoms with Gasteiger partial charge in [0.05, 0.1) is 16.6 Å². The summed E-state index contributed by atoms with van der Waals surface area (Å²) in [4.78, 5) is 29.2. The number of aromatic nitrogens is 2. The number of aromatic amines is 2. The molecular weight excluding hydrogens is 360 g/mol. The van der Waals surface area contributed by atoms with Crippen LogP contribution in [0.3, 0.4) is 0 Å². The van der Waals surface area contributed by atoms with E-state index in [0.717, 1.165) is 11.3 Å². The van der Waals surface area contributed by atoms with Crippen LogP contribution in [-0.2, 0) is 5.54 Å². The molecule has 0 fully saturated rings. The molecular formula is C20H24N4O2S. The van der Waals surface area contributed by atoms with Crippen molar-refractivity contribution in [3.63, 3.8) is 0 Å². The van der Waals surface area contributed by atoms with Crippen molar-refractivity contribution in [1.29, 1.82) is 0 Å². The average Bonchev–Trinajstić information content (AvgIpc) is 3.00. The van der Waals surface area contributed by atoms with Crippen molar-refractivity contribution in [1.82, 2.24) is 15.3 Å². The topological polar surface area (TPSA) is 89.8 Å². The molecule has 0 spiro atoms. The molecule has 0 bridgehead atoms. The molecule has 3 rings (SSSR count). The number of hydrogen-bond acceptors (Lipinski definition) is 3. The van der Waals surface area contributed by atoms with Crippen molar-refractivity contribution >= 4 is 35.4 Å². The fourth-order valence-corrected chi connectivity index (χ4v) is 3.18. The molecule has 0 aliphatic heterocycles. The number of H-pyrrole nitrogens is 2. The Morgan fingerprint density at radius 2 is 1.89 bits per heavy atom. The Kier molecular flexibility index (Phi) is 5.32. The first-order chi connectivity index (χ1) is 12.8. The van der Waals surface area contributed by atoms with Crippen molar-refractivity contribution in [2.45, 2.75) is 32.2 Å². The number of rotatable bonds is 5. The van der Waals surface area contributed by atoms with Gasteiger partial charge in [0.15, 0.2) is 0 Å². The van der Waals surface area contributed by atoms with Crippen LogP contribution in [0.5, 0.6) is 0 Å². The summed E-state index contributed by atoms with van der Waals surface area (Å²) in [7, 11) is 0. The predicted octanol–water partition coefficient (Wildman–Crippen LogP) is 3.95. The Morgan fingerprint density at radius 1 is 1.15 bits per heavy atom. The third-order valence-electron chi connectivity index (χ3n) is 4.65. The van der Waals surface area contributed by atoms with Gasteiger partial charge in [0.2, 0.25) is 0 Å². The first-order valence-electron chi connectivity index (χ1n) is 8.81. The smallest absolute Gasteiger partial charge is 0.323 e. The van der Waals surface area contributed by atoms with Gasteiger partial charge in [-0.2, -0.15) is 12.6 Å². The summed E-state index contributed by atoms with van der Waals surface area (Å²) in [6.07, 6.45) is 0. The van der Waals surface area contributed by atoms with E-state index < -0.39 is 5.54 Å². The van der Waals surface area contributed by atoms with E-state index in [1.54, 1.807) is 18.2 Å². The van der Waals surface area contributed by atoms with Crippen LogP contribution in [0.15, 0.2) is 47.3 Å². The molecule has 142 valence electrons. The molecule has 7 heteroatoms. The van der Waals surface area contributed by atoms with Gasteiger partial charge in [-0.3, -0.25) is 0 Å². The molecule has 2 aromatic carbocycles. The lowest BCUT2D eigenvalue weighted by Gasteiger charge is -2.28. The van der Waals surface area contributed by atoms with Crippen LogP contribution in [0.25, 0.3) is 11.0 Å². The van der Waals surface area contributed by atoms with Gasteiger partial charge in [0, 0.05) is 5.69 Å². The number of hydrogen-bond donors (Lipinski definition) is 5. The quantitative estimate of drug-likeness (QED) is 0.431. The number of amides is 2. The number of carbonyl (C=O) groups excluding carboxylic acids is 1. The maximum absolute atomic E-state index is 12.5. The second kappa shape index (κ2) is 7.52. The number of fused-ring (bicyclic) bond motifs is 1. The number of carbonyl (C=O) groups is 1. The van der Waals surface area contributed by atoms with Crippen molar-refractivity contribution in [3.05, 3.63) is 64.1 Å². The largest absolute Gasteiger partial charge is 0.329 e. The average molecular weight is 385 g/mol. The van der Waals surface area contributed by atoms with Crippen LogP contribution in [0.1, 0.15) is 37.8 Å². The third kappa shape index (κ3) is 4.36. The molecule has 3 aromatic rings. The molecule has 1 heterocycles. The van der Waals surface area contributed by atoms with Gasteiger partial charge in [-0.15, -0.1) is 0 Å². The highest BCUT2D eigenvalue weighted by atomic mass is 32.1. The van der Waals surface area contributed by atoms with Crippen molar-refractivity contribution in [2.24, 2.45) is 0 Å². The number of nitrogens with one attached hydrogen (secondary N) is 4. The number of thiol groups is 1. The zero-order chi connectivity index (χ0) is 19.6. The zero-order valence-corrected chi connectivity index (χ0v) is 16.5. The molecule has 1 atom stereocenters. The minimum Gasteiger partial charge on any atom is -0.329 e. The van der Waals surface area contributed by atoms with Gasteiger partial charge in [-0.25, -0.2) is 9.59 Å². The molecule has 0 saturated heterocycles. The summed E-state index contributed by atoms with van der Waals surface area (Å²) in [5.74, 6) is 1.11. The van der Waals surface area contributed by atoms with E-state index in [-0.39, 0.29) is 11.7 Å². The van der Waals surface area contributed by atoms with Crippen molar-refractivity contribution < 1.29 is 4.79 Å². The van der Waals surface area contributed by atoms with Crippen LogP contribution < -0.4 is 16.3 Å². The molecule has 1 aromatic heterocycles. The second-order valence-electron chi connectivity index (χ2n) is 7.25. The second-order valence-corrected chi connectivity index (χ2v) is 7.62. The van der Waals surface area contributed by atoms with Gasteiger partial charge in [0.1, 0.15) is 0 Å². The highest BCUT2D eigenvalue weighted by molar-refractivity contribution is 7.80. The number of anilines is 1. The van der Waals surface area contributed by atoms with Crippen LogP contribution in [0.4, 0.5) is 10.5 Å². The SMILES string of the molecule is CC(CS)c1cccc(C(C)(C)NC(=O)Nc2ccc3[nH]c(=O)[nH]c3c2)c1. The fraction of sp³-hybridized carbons (Fsp3) is 0.300. The monoisotopic (exact) mass is 384 g/mol. The van der Waals surface area contributed by atoms with E-state index in [1.165, 1.54) is 5.56 Å². The molecule has 1 unspecified atom stereocenters. The van der Waals surface area contributed by atoms with Gasteiger partial charge in [-0.05, 0) is 54.8 Å². The molecule has 0 radical (unpaired) electrons. The summed E-state index contributed by atoms with van der Waals surface area (Å²) in [6, 6.07) is 13.1. The molecule has 6 nitrogen and oxygen atoms in total. The van der Waals surface area contributed by atoms with E-state index in [2.05, 4.69) is 52.3 Å². The first kappa shape index (κ1) is 19.1. The lowest BCUT2D eigenvalue weighted by atomic mass is 9.90. The molecule has 0 aliphatic carbocycles. The third-order valence-corrected chi connectivity index (χ3v) is 5.20. The summed E-state index contributed by atoms with van der Waals surface area (Å²) in [5.41, 5.74) is 3.33. The maximum Gasteiger partial charge on any atom is 0.323 e. The Bertz CT molecular complexity index is 1020. The lowest BCUT2D eigenvalue weighted by Crippen LogP contribution is -2.43. The van der Waals surface area contributed by atoms with Crippen LogP contribution >= 0.6 is 12.6 Å². The van der Waals surface area contributed by atoms with Gasteiger partial charge in [-0.1, -0.05) is 31.2 Å². The van der Waals surface area contributed by atoms with Crippen LogP contribution in [0.2, 0.25) is 0 Å². The molecule has 2 amide bonds. The summed E-state index contributed by atoms with van der Waals surface area (Å²) in [5, 5.41) is 5.83. The fourth-order valence-electron chi connectivity index (χ4n) is 2.97. The number of imidazole rings is 1. The van der Waals surface area contributed by atoms with Gasteiger partial charge in [0.25, 0.3) is 0 Å². The standard InChI is InChI=1S/C20H24N4O2S/c1-12(11-27)13-5-4-6-14(9-13)20(2,3)24-19(26)21-15-7-8-16-17(10-15)23-18(25)22-16/h4-10,12,27H,11H2,1-3H3,(H2,21,24,26)(H2,22,23,25). The van der Waals surface area contributed by atoms with Gasteiger partial charge < -0.3 is 20.6 Å². The van der Waals surface area contributed by atoms with E-state index >= 15 is 0 Å².